The predicted octanol–water partition coefficient (Wildman–Crippen LogP) is 1.69. The van der Waals surface area contributed by atoms with Gasteiger partial charge in [-0.25, -0.2) is 13.6 Å². The average Bonchev–Trinajstić information content (AvgIpc) is 2.45. The van der Waals surface area contributed by atoms with Gasteiger partial charge in [-0.2, -0.15) is 0 Å². The number of ether oxygens (including phenoxy) is 1. The molecule has 2 aromatic carbocycles. The minimum atomic E-state index is -3.81. The molecule has 4 N–H and O–H groups in total. The molecule has 0 bridgehead atoms. The molecule has 0 aliphatic rings. The minimum absolute atomic E-state index is 0.0784. The van der Waals surface area contributed by atoms with Gasteiger partial charge in [0, 0.05) is 24.5 Å². The highest BCUT2D eigenvalue weighted by molar-refractivity contribution is 7.89. The van der Waals surface area contributed by atoms with Crippen LogP contribution in [-0.4, -0.2) is 22.6 Å². The summed E-state index contributed by atoms with van der Waals surface area (Å²) >= 11 is 0. The van der Waals surface area contributed by atoms with Gasteiger partial charge >= 0.3 is 0 Å². The minimum Gasteiger partial charge on any atom is -0.497 e. The number of hydrogen-bond donors (Lipinski definition) is 2. The number of anilines is 3. The Bertz CT molecular complexity index is 760. The third-order valence-corrected chi connectivity index (χ3v) is 4.11. The first-order chi connectivity index (χ1) is 9.82. The summed E-state index contributed by atoms with van der Waals surface area (Å²) in [6.45, 7) is 0. The smallest absolute Gasteiger partial charge is 0.240 e. The van der Waals surface area contributed by atoms with Gasteiger partial charge in [0.25, 0.3) is 0 Å². The van der Waals surface area contributed by atoms with Crippen molar-refractivity contribution in [3.8, 4) is 5.75 Å². The van der Waals surface area contributed by atoms with Crippen LogP contribution in [0.3, 0.4) is 0 Å². The topological polar surface area (TPSA) is 98.6 Å². The van der Waals surface area contributed by atoms with Gasteiger partial charge < -0.3 is 15.4 Å². The molecular weight excluding hydrogens is 290 g/mol. The summed E-state index contributed by atoms with van der Waals surface area (Å²) in [5, 5.41) is 5.09. The summed E-state index contributed by atoms with van der Waals surface area (Å²) in [5.41, 5.74) is 7.51. The molecule has 0 unspecified atom stereocenters. The molecule has 0 aromatic heterocycles. The molecule has 0 amide bonds. The second-order valence-corrected chi connectivity index (χ2v) is 6.06. The third-order valence-electron chi connectivity index (χ3n) is 3.13. The monoisotopic (exact) mass is 307 g/mol. The second-order valence-electron chi connectivity index (χ2n) is 4.53. The maximum absolute atomic E-state index is 11.4. The van der Waals surface area contributed by atoms with Crippen molar-refractivity contribution in [3.05, 3.63) is 42.5 Å². The molecule has 0 saturated heterocycles. The molecule has 112 valence electrons. The predicted molar refractivity (Wildman–Crippen MR) is 83.3 cm³/mol. The molecule has 0 atom stereocenters. The maximum Gasteiger partial charge on any atom is 0.240 e. The Morgan fingerprint density at radius 2 is 1.76 bits per heavy atom. The van der Waals surface area contributed by atoms with E-state index in [4.69, 9.17) is 15.6 Å². The quantitative estimate of drug-likeness (QED) is 0.838. The zero-order valence-corrected chi connectivity index (χ0v) is 12.6. The van der Waals surface area contributed by atoms with Gasteiger partial charge in [0.15, 0.2) is 0 Å². The number of nitrogens with two attached hydrogens (primary N) is 2. The van der Waals surface area contributed by atoms with Crippen LogP contribution in [0.4, 0.5) is 17.1 Å². The van der Waals surface area contributed by atoms with Crippen LogP contribution in [-0.2, 0) is 10.0 Å². The van der Waals surface area contributed by atoms with E-state index in [9.17, 15) is 8.42 Å². The first-order valence-electron chi connectivity index (χ1n) is 6.13. The number of nitrogens with zero attached hydrogens (tertiary/aromatic N) is 1. The lowest BCUT2D eigenvalue weighted by molar-refractivity contribution is 0.415. The van der Waals surface area contributed by atoms with Crippen molar-refractivity contribution >= 4 is 27.1 Å². The number of methoxy groups -OCH3 is 1. The largest absolute Gasteiger partial charge is 0.497 e. The van der Waals surface area contributed by atoms with Gasteiger partial charge in [-0.1, -0.05) is 6.07 Å². The van der Waals surface area contributed by atoms with E-state index >= 15 is 0 Å². The van der Waals surface area contributed by atoms with Crippen molar-refractivity contribution in [1.29, 1.82) is 0 Å². The number of sulfonamides is 1. The van der Waals surface area contributed by atoms with E-state index < -0.39 is 10.0 Å². The van der Waals surface area contributed by atoms with E-state index in [1.165, 1.54) is 6.07 Å². The highest BCUT2D eigenvalue weighted by Gasteiger charge is 2.14. The third kappa shape index (κ3) is 3.26. The van der Waals surface area contributed by atoms with E-state index in [-0.39, 0.29) is 10.6 Å². The van der Waals surface area contributed by atoms with E-state index in [2.05, 4.69) is 0 Å². The molecule has 0 saturated carbocycles. The molecule has 0 aliphatic carbocycles. The fourth-order valence-corrected chi connectivity index (χ4v) is 2.62. The number of benzene rings is 2. The van der Waals surface area contributed by atoms with Crippen LogP contribution < -0.4 is 20.5 Å². The molecule has 0 heterocycles. The van der Waals surface area contributed by atoms with E-state index in [0.29, 0.717) is 0 Å². The number of rotatable bonds is 4. The Morgan fingerprint density at radius 3 is 2.33 bits per heavy atom. The molecule has 0 spiro atoms. The van der Waals surface area contributed by atoms with Crippen molar-refractivity contribution in [2.24, 2.45) is 5.14 Å². The summed E-state index contributed by atoms with van der Waals surface area (Å²) in [4.78, 5) is 1.79. The van der Waals surface area contributed by atoms with Gasteiger partial charge in [0.05, 0.1) is 12.8 Å². The van der Waals surface area contributed by atoms with Gasteiger partial charge in [-0.3, -0.25) is 0 Å². The molecule has 7 heteroatoms. The first kappa shape index (κ1) is 15.1. The van der Waals surface area contributed by atoms with Crippen LogP contribution in [0.2, 0.25) is 0 Å². The fraction of sp³-hybridized carbons (Fsp3) is 0.143. The number of nitrogen functional groups attached to an aromatic ring is 1. The molecule has 0 fully saturated rings. The molecule has 2 aromatic rings. The van der Waals surface area contributed by atoms with Crippen LogP contribution in [0.25, 0.3) is 0 Å². The van der Waals surface area contributed by atoms with E-state index in [0.717, 1.165) is 17.1 Å². The van der Waals surface area contributed by atoms with Crippen molar-refractivity contribution in [3.63, 3.8) is 0 Å². The Labute approximate surface area is 124 Å². The average molecular weight is 307 g/mol. The van der Waals surface area contributed by atoms with Gasteiger partial charge in [-0.05, 0) is 30.3 Å². The molecule has 6 nitrogen and oxygen atoms in total. The van der Waals surface area contributed by atoms with E-state index in [1.54, 1.807) is 19.2 Å². The lowest BCUT2D eigenvalue weighted by Crippen LogP contribution is -2.15. The normalized spacial score (nSPS) is 11.2. The van der Waals surface area contributed by atoms with Crippen LogP contribution in [0.15, 0.2) is 47.4 Å². The van der Waals surface area contributed by atoms with Crippen molar-refractivity contribution < 1.29 is 13.2 Å². The lowest BCUT2D eigenvalue weighted by atomic mass is 10.2. The van der Waals surface area contributed by atoms with Gasteiger partial charge in [0.1, 0.15) is 10.6 Å². The summed E-state index contributed by atoms with van der Waals surface area (Å²) in [7, 11) is -0.372. The maximum atomic E-state index is 11.4. The van der Waals surface area contributed by atoms with Crippen LogP contribution in [0, 0.1) is 0 Å². The summed E-state index contributed by atoms with van der Waals surface area (Å²) in [6.07, 6.45) is 0. The Hall–Kier alpha value is -2.25. The summed E-state index contributed by atoms with van der Waals surface area (Å²) in [6, 6.07) is 12.1. The second kappa shape index (κ2) is 5.63. The zero-order chi connectivity index (χ0) is 15.6. The lowest BCUT2D eigenvalue weighted by Gasteiger charge is -2.21. The summed E-state index contributed by atoms with van der Waals surface area (Å²) < 4.78 is 27.9. The van der Waals surface area contributed by atoms with Crippen LogP contribution in [0.1, 0.15) is 0 Å². The Kier molecular flexibility index (Phi) is 4.06. The van der Waals surface area contributed by atoms with Crippen LogP contribution >= 0.6 is 0 Å². The van der Waals surface area contributed by atoms with Crippen molar-refractivity contribution in [1.82, 2.24) is 0 Å². The highest BCUT2D eigenvalue weighted by Crippen LogP contribution is 2.30. The van der Waals surface area contributed by atoms with Crippen LogP contribution in [0.5, 0.6) is 5.75 Å². The molecule has 0 aliphatic heterocycles. The highest BCUT2D eigenvalue weighted by atomic mass is 32.2. The molecule has 0 radical (unpaired) electrons. The summed E-state index contributed by atoms with van der Waals surface area (Å²) in [5.74, 6) is 0.730. The standard InChI is InChI=1S/C14H17N3O3S/c1-17(10-4-3-5-12(8-10)20-2)11-6-7-14(13(15)9-11)21(16,18)19/h3-9H,15H2,1-2H3,(H2,16,18,19). The Morgan fingerprint density at radius 1 is 1.10 bits per heavy atom. The Balaban J connectivity index is 2.40. The van der Waals surface area contributed by atoms with Gasteiger partial charge in [0.2, 0.25) is 10.0 Å². The van der Waals surface area contributed by atoms with E-state index in [1.807, 2.05) is 36.2 Å². The number of primary sulfonamides is 1. The first-order valence-corrected chi connectivity index (χ1v) is 7.67. The van der Waals surface area contributed by atoms with Gasteiger partial charge in [-0.15, -0.1) is 0 Å². The fourth-order valence-electron chi connectivity index (χ4n) is 1.97. The zero-order valence-electron chi connectivity index (χ0n) is 11.8. The number of hydrogen-bond acceptors (Lipinski definition) is 5. The molecular formula is C14H17N3O3S. The molecule has 2 rings (SSSR count). The SMILES string of the molecule is COc1cccc(N(C)c2ccc(S(N)(=O)=O)c(N)c2)c1. The van der Waals surface area contributed by atoms with Crippen molar-refractivity contribution in [2.75, 3.05) is 24.8 Å². The van der Waals surface area contributed by atoms with Crippen molar-refractivity contribution in [2.45, 2.75) is 4.90 Å². The molecule has 21 heavy (non-hydrogen) atoms.